The molecule has 1 aliphatic heterocycles. The molecule has 30 heavy (non-hydrogen) atoms. The zero-order valence-corrected chi connectivity index (χ0v) is 18.8. The molecule has 2 N–H and O–H groups in total. The third-order valence-electron chi connectivity index (χ3n) is 5.37. The van der Waals surface area contributed by atoms with Crippen molar-refractivity contribution >= 4 is 5.96 Å². The maximum atomic E-state index is 5.77. The number of hydrogen-bond acceptors (Lipinski definition) is 4. The molecule has 3 rings (SSSR count). The molecule has 1 aromatic heterocycles. The van der Waals surface area contributed by atoms with Gasteiger partial charge in [-0.1, -0.05) is 32.4 Å². The van der Waals surface area contributed by atoms with Gasteiger partial charge in [-0.2, -0.15) is 0 Å². The van der Waals surface area contributed by atoms with Crippen LogP contribution in [0.5, 0.6) is 5.75 Å². The highest BCUT2D eigenvalue weighted by atomic mass is 16.5. The van der Waals surface area contributed by atoms with Crippen molar-refractivity contribution in [3.8, 4) is 5.75 Å². The first-order valence-corrected chi connectivity index (χ1v) is 11.2. The monoisotopic (exact) mass is 412 g/mol. The van der Waals surface area contributed by atoms with Crippen LogP contribution in [0.4, 0.5) is 0 Å². The number of aryl methyl sites for hydroxylation is 1. The van der Waals surface area contributed by atoms with E-state index in [0.29, 0.717) is 5.92 Å². The molecule has 1 atom stereocenters. The van der Waals surface area contributed by atoms with Gasteiger partial charge in [0.2, 0.25) is 0 Å². The predicted octanol–water partition coefficient (Wildman–Crippen LogP) is 3.51. The first-order valence-electron chi connectivity index (χ1n) is 11.2. The van der Waals surface area contributed by atoms with Gasteiger partial charge in [-0.15, -0.1) is 10.2 Å². The number of nitrogens with zero attached hydrogens (tertiary/aromatic N) is 4. The Morgan fingerprint density at radius 3 is 2.67 bits per heavy atom. The Kier molecular flexibility index (Phi) is 8.11. The van der Waals surface area contributed by atoms with Crippen molar-refractivity contribution in [2.24, 2.45) is 10.9 Å². The van der Waals surface area contributed by atoms with Crippen LogP contribution >= 0.6 is 0 Å². The van der Waals surface area contributed by atoms with Crippen LogP contribution in [-0.2, 0) is 19.4 Å². The van der Waals surface area contributed by atoms with Crippen molar-refractivity contribution < 1.29 is 4.74 Å². The van der Waals surface area contributed by atoms with E-state index in [1.807, 2.05) is 12.1 Å². The maximum Gasteiger partial charge on any atom is 0.191 e. The third kappa shape index (κ3) is 6.21. The largest absolute Gasteiger partial charge is 0.493 e. The summed E-state index contributed by atoms with van der Waals surface area (Å²) < 4.78 is 8.07. The van der Waals surface area contributed by atoms with E-state index < -0.39 is 0 Å². The Hall–Kier alpha value is -2.57. The SMILES string of the molecule is CN=C(NCCc1nnc2n1CCCCC2)NC(C)c1ccc(OCC(C)C)cc1. The maximum absolute atomic E-state index is 5.77. The van der Waals surface area contributed by atoms with Gasteiger partial charge >= 0.3 is 0 Å². The van der Waals surface area contributed by atoms with Crippen LogP contribution in [0.3, 0.4) is 0 Å². The number of aliphatic imine (C=N–C) groups is 1. The van der Waals surface area contributed by atoms with Crippen LogP contribution in [0.25, 0.3) is 0 Å². The summed E-state index contributed by atoms with van der Waals surface area (Å²) in [6.07, 6.45) is 5.59. The second kappa shape index (κ2) is 11.0. The Morgan fingerprint density at radius 1 is 1.13 bits per heavy atom. The lowest BCUT2D eigenvalue weighted by Crippen LogP contribution is -2.39. The first kappa shape index (κ1) is 22.1. The van der Waals surface area contributed by atoms with Gasteiger partial charge in [0.25, 0.3) is 0 Å². The fourth-order valence-corrected chi connectivity index (χ4v) is 3.62. The van der Waals surface area contributed by atoms with Crippen molar-refractivity contribution in [1.82, 2.24) is 25.4 Å². The van der Waals surface area contributed by atoms with Crippen molar-refractivity contribution in [1.29, 1.82) is 0 Å². The number of guanidine groups is 1. The number of nitrogens with one attached hydrogen (secondary N) is 2. The molecule has 2 heterocycles. The lowest BCUT2D eigenvalue weighted by molar-refractivity contribution is 0.271. The summed E-state index contributed by atoms with van der Waals surface area (Å²) in [5.74, 6) is 4.43. The standard InChI is InChI=1S/C23H36N6O/c1-17(2)16-30-20-11-9-19(10-12-20)18(3)26-23(24-4)25-14-13-22-28-27-21-8-6-5-7-15-29(21)22/h9-12,17-18H,5-8,13-16H2,1-4H3,(H2,24,25,26). The van der Waals surface area contributed by atoms with E-state index in [9.17, 15) is 0 Å². The minimum atomic E-state index is 0.139. The van der Waals surface area contributed by atoms with Crippen LogP contribution in [0.2, 0.25) is 0 Å². The fourth-order valence-electron chi connectivity index (χ4n) is 3.62. The van der Waals surface area contributed by atoms with E-state index in [0.717, 1.165) is 55.9 Å². The number of rotatable bonds is 8. The van der Waals surface area contributed by atoms with Crippen molar-refractivity contribution in [2.45, 2.75) is 65.5 Å². The predicted molar refractivity (Wildman–Crippen MR) is 121 cm³/mol. The van der Waals surface area contributed by atoms with E-state index in [1.54, 1.807) is 7.05 Å². The molecule has 0 radical (unpaired) electrons. The molecule has 1 unspecified atom stereocenters. The van der Waals surface area contributed by atoms with Crippen LogP contribution in [0.1, 0.15) is 63.3 Å². The van der Waals surface area contributed by atoms with E-state index >= 15 is 0 Å². The van der Waals surface area contributed by atoms with Crippen molar-refractivity contribution in [3.05, 3.63) is 41.5 Å². The van der Waals surface area contributed by atoms with Gasteiger partial charge < -0.3 is 19.9 Å². The lowest BCUT2D eigenvalue weighted by atomic mass is 10.1. The molecule has 1 aliphatic rings. The van der Waals surface area contributed by atoms with Crippen LogP contribution in [0, 0.1) is 5.92 Å². The number of ether oxygens (including phenoxy) is 1. The average Bonchev–Trinajstić information content (AvgIpc) is 2.97. The lowest BCUT2D eigenvalue weighted by Gasteiger charge is -2.19. The highest BCUT2D eigenvalue weighted by Gasteiger charge is 2.14. The number of aromatic nitrogens is 3. The Bertz CT molecular complexity index is 812. The summed E-state index contributed by atoms with van der Waals surface area (Å²) in [7, 11) is 1.80. The highest BCUT2D eigenvalue weighted by molar-refractivity contribution is 5.80. The van der Waals surface area contributed by atoms with Crippen molar-refractivity contribution in [3.63, 3.8) is 0 Å². The van der Waals surface area contributed by atoms with E-state index in [1.165, 1.54) is 24.8 Å². The van der Waals surface area contributed by atoms with Gasteiger partial charge in [0, 0.05) is 33.0 Å². The molecule has 0 fully saturated rings. The molecule has 0 amide bonds. The summed E-state index contributed by atoms with van der Waals surface area (Å²) in [4.78, 5) is 4.37. The van der Waals surface area contributed by atoms with Crippen LogP contribution < -0.4 is 15.4 Å². The van der Waals surface area contributed by atoms with Crippen LogP contribution in [0.15, 0.2) is 29.3 Å². The van der Waals surface area contributed by atoms with Gasteiger partial charge in [0.1, 0.15) is 17.4 Å². The van der Waals surface area contributed by atoms with Crippen LogP contribution in [-0.4, -0.2) is 40.9 Å². The molecule has 0 spiro atoms. The minimum Gasteiger partial charge on any atom is -0.493 e. The second-order valence-electron chi connectivity index (χ2n) is 8.38. The Morgan fingerprint density at radius 2 is 1.93 bits per heavy atom. The van der Waals surface area contributed by atoms with E-state index in [-0.39, 0.29) is 6.04 Å². The molecule has 2 aromatic rings. The molecule has 0 bridgehead atoms. The van der Waals surface area contributed by atoms with Gasteiger partial charge in [-0.05, 0) is 43.4 Å². The zero-order chi connectivity index (χ0) is 21.3. The minimum absolute atomic E-state index is 0.139. The Balaban J connectivity index is 1.48. The summed E-state index contributed by atoms with van der Waals surface area (Å²) in [5.41, 5.74) is 1.19. The third-order valence-corrected chi connectivity index (χ3v) is 5.37. The zero-order valence-electron chi connectivity index (χ0n) is 18.8. The highest BCUT2D eigenvalue weighted by Crippen LogP contribution is 2.18. The molecule has 0 saturated heterocycles. The molecular weight excluding hydrogens is 376 g/mol. The van der Waals surface area contributed by atoms with Gasteiger partial charge in [0.15, 0.2) is 5.96 Å². The number of benzene rings is 1. The molecule has 7 heteroatoms. The quantitative estimate of drug-likeness (QED) is 0.513. The molecule has 0 aliphatic carbocycles. The summed E-state index contributed by atoms with van der Waals surface area (Å²) in [6.45, 7) is 8.98. The molecular formula is C23H36N6O. The van der Waals surface area contributed by atoms with E-state index in [2.05, 4.69) is 63.3 Å². The fraction of sp³-hybridized carbons (Fsp3) is 0.609. The van der Waals surface area contributed by atoms with E-state index in [4.69, 9.17) is 4.74 Å². The van der Waals surface area contributed by atoms with Gasteiger partial charge in [0.05, 0.1) is 12.6 Å². The summed E-state index contributed by atoms with van der Waals surface area (Å²) >= 11 is 0. The molecule has 7 nitrogen and oxygen atoms in total. The summed E-state index contributed by atoms with van der Waals surface area (Å²) in [6, 6.07) is 8.41. The molecule has 0 saturated carbocycles. The molecule has 164 valence electrons. The Labute approximate surface area is 180 Å². The number of fused-ring (bicyclic) bond motifs is 1. The second-order valence-corrected chi connectivity index (χ2v) is 8.38. The number of hydrogen-bond donors (Lipinski definition) is 2. The molecule has 1 aromatic carbocycles. The summed E-state index contributed by atoms with van der Waals surface area (Å²) in [5, 5.41) is 15.7. The van der Waals surface area contributed by atoms with Gasteiger partial charge in [-0.25, -0.2) is 0 Å². The smallest absolute Gasteiger partial charge is 0.191 e. The first-order chi connectivity index (χ1) is 14.6. The topological polar surface area (TPSA) is 76.4 Å². The van der Waals surface area contributed by atoms with Gasteiger partial charge in [-0.3, -0.25) is 4.99 Å². The average molecular weight is 413 g/mol. The van der Waals surface area contributed by atoms with Crippen molar-refractivity contribution in [2.75, 3.05) is 20.2 Å². The normalized spacial score (nSPS) is 15.4.